The number of nitrogens with one attached hydrogen (secondary N) is 1. The van der Waals surface area contributed by atoms with Crippen LogP contribution in [-0.4, -0.2) is 17.5 Å². The molecule has 1 N–H and O–H groups in total. The Bertz CT molecular complexity index is 1130. The molecule has 0 spiro atoms. The fraction of sp³-hybridized carbons (Fsp3) is 0.167. The molecule has 0 unspecified atom stereocenters. The highest BCUT2D eigenvalue weighted by atomic mass is 32.1. The van der Waals surface area contributed by atoms with E-state index in [0.29, 0.717) is 17.9 Å². The van der Waals surface area contributed by atoms with Crippen LogP contribution in [0.4, 0.5) is 5.69 Å². The number of carbonyl (C=O) groups is 1. The number of amides is 1. The molecule has 146 valence electrons. The third-order valence-electron chi connectivity index (χ3n) is 4.60. The van der Waals surface area contributed by atoms with E-state index in [2.05, 4.69) is 18.3 Å². The summed E-state index contributed by atoms with van der Waals surface area (Å²) in [6.07, 6.45) is 0.925. The molecule has 0 radical (unpaired) electrons. The lowest BCUT2D eigenvalue weighted by Gasteiger charge is -2.11. The van der Waals surface area contributed by atoms with Gasteiger partial charge >= 0.3 is 0 Å². The quantitative estimate of drug-likeness (QED) is 0.411. The fourth-order valence-electron chi connectivity index (χ4n) is 3.03. The first-order chi connectivity index (χ1) is 14.1. The van der Waals surface area contributed by atoms with E-state index < -0.39 is 0 Å². The van der Waals surface area contributed by atoms with Crippen molar-refractivity contribution in [2.75, 3.05) is 11.9 Å². The number of carbonyl (C=O) groups excluding carboxylic acids is 1. The Morgan fingerprint density at radius 1 is 1.07 bits per heavy atom. The van der Waals surface area contributed by atoms with Crippen LogP contribution in [0.5, 0.6) is 5.75 Å². The van der Waals surface area contributed by atoms with Gasteiger partial charge in [-0.2, -0.15) is 0 Å². The number of rotatable bonds is 6. The topological polar surface area (TPSA) is 51.2 Å². The second-order valence-electron chi connectivity index (χ2n) is 6.85. The summed E-state index contributed by atoms with van der Waals surface area (Å²) in [6.45, 7) is 4.67. The Morgan fingerprint density at radius 3 is 2.76 bits per heavy atom. The minimum atomic E-state index is -0.156. The second kappa shape index (κ2) is 8.45. The van der Waals surface area contributed by atoms with E-state index in [-0.39, 0.29) is 5.91 Å². The van der Waals surface area contributed by atoms with Crippen molar-refractivity contribution < 1.29 is 9.53 Å². The SMILES string of the molecule is CCCOc1cccc(C(=O)Nc2cc(-c3nc4ccccc4s3)ccc2C)c1. The average Bonchev–Trinajstić information content (AvgIpc) is 3.18. The number of aromatic nitrogens is 1. The van der Waals surface area contributed by atoms with Crippen LogP contribution >= 0.6 is 11.3 Å². The number of fused-ring (bicyclic) bond motifs is 1. The number of hydrogen-bond donors (Lipinski definition) is 1. The number of hydrogen-bond acceptors (Lipinski definition) is 4. The molecule has 29 heavy (non-hydrogen) atoms. The normalized spacial score (nSPS) is 10.8. The Labute approximate surface area is 174 Å². The van der Waals surface area contributed by atoms with Crippen LogP contribution in [0.3, 0.4) is 0 Å². The van der Waals surface area contributed by atoms with E-state index in [4.69, 9.17) is 9.72 Å². The highest BCUT2D eigenvalue weighted by molar-refractivity contribution is 7.21. The number of para-hydroxylation sites is 1. The van der Waals surface area contributed by atoms with E-state index in [1.807, 2.05) is 55.5 Å². The van der Waals surface area contributed by atoms with Crippen LogP contribution in [-0.2, 0) is 0 Å². The van der Waals surface area contributed by atoms with Gasteiger partial charge in [0.25, 0.3) is 5.91 Å². The fourth-order valence-corrected chi connectivity index (χ4v) is 3.99. The van der Waals surface area contributed by atoms with E-state index >= 15 is 0 Å². The van der Waals surface area contributed by atoms with Gasteiger partial charge in [-0.05, 0) is 55.3 Å². The predicted molar refractivity (Wildman–Crippen MR) is 120 cm³/mol. The second-order valence-corrected chi connectivity index (χ2v) is 7.88. The molecule has 4 aromatic rings. The van der Waals surface area contributed by atoms with Crippen LogP contribution in [0.25, 0.3) is 20.8 Å². The molecule has 1 amide bonds. The summed E-state index contributed by atoms with van der Waals surface area (Å²) in [5.41, 5.74) is 4.34. The molecule has 4 rings (SSSR count). The van der Waals surface area contributed by atoms with Gasteiger partial charge in [0.15, 0.2) is 0 Å². The van der Waals surface area contributed by atoms with Crippen molar-refractivity contribution in [1.29, 1.82) is 0 Å². The Hall–Kier alpha value is -3.18. The van der Waals surface area contributed by atoms with Crippen LogP contribution in [0, 0.1) is 6.92 Å². The summed E-state index contributed by atoms with van der Waals surface area (Å²) in [4.78, 5) is 17.5. The lowest BCUT2D eigenvalue weighted by Crippen LogP contribution is -2.13. The Balaban J connectivity index is 1.59. The molecule has 4 nitrogen and oxygen atoms in total. The van der Waals surface area contributed by atoms with Gasteiger partial charge in [-0.3, -0.25) is 4.79 Å². The van der Waals surface area contributed by atoms with Gasteiger partial charge in [0.05, 0.1) is 16.8 Å². The minimum Gasteiger partial charge on any atom is -0.494 e. The molecule has 0 bridgehead atoms. The molecular weight excluding hydrogens is 380 g/mol. The number of aryl methyl sites for hydroxylation is 1. The largest absolute Gasteiger partial charge is 0.494 e. The summed E-state index contributed by atoms with van der Waals surface area (Å²) in [5.74, 6) is 0.552. The van der Waals surface area contributed by atoms with Crippen molar-refractivity contribution in [2.45, 2.75) is 20.3 Å². The maximum Gasteiger partial charge on any atom is 0.255 e. The molecule has 0 aliphatic heterocycles. The maximum atomic E-state index is 12.8. The van der Waals surface area contributed by atoms with Crippen LogP contribution in [0.15, 0.2) is 66.7 Å². The zero-order valence-electron chi connectivity index (χ0n) is 16.4. The summed E-state index contributed by atoms with van der Waals surface area (Å²) < 4.78 is 6.79. The molecule has 1 heterocycles. The molecular formula is C24H22N2O2S. The maximum absolute atomic E-state index is 12.8. The van der Waals surface area contributed by atoms with Gasteiger partial charge in [0.1, 0.15) is 10.8 Å². The molecule has 0 fully saturated rings. The summed E-state index contributed by atoms with van der Waals surface area (Å²) >= 11 is 1.65. The van der Waals surface area contributed by atoms with Gasteiger partial charge in [-0.15, -0.1) is 11.3 Å². The first-order valence-corrected chi connectivity index (χ1v) is 10.5. The molecule has 0 saturated carbocycles. The number of nitrogens with zero attached hydrogens (tertiary/aromatic N) is 1. The van der Waals surface area contributed by atoms with Crippen LogP contribution < -0.4 is 10.1 Å². The van der Waals surface area contributed by atoms with Crippen molar-refractivity contribution >= 4 is 33.1 Å². The molecule has 0 atom stereocenters. The third-order valence-corrected chi connectivity index (χ3v) is 5.68. The number of ether oxygens (including phenoxy) is 1. The van der Waals surface area contributed by atoms with E-state index in [9.17, 15) is 4.79 Å². The summed E-state index contributed by atoms with van der Waals surface area (Å²) in [6, 6.07) is 21.4. The first-order valence-electron chi connectivity index (χ1n) is 9.65. The average molecular weight is 403 g/mol. The molecule has 0 aliphatic carbocycles. The number of anilines is 1. The molecule has 0 saturated heterocycles. The zero-order chi connectivity index (χ0) is 20.2. The third kappa shape index (κ3) is 4.30. The lowest BCUT2D eigenvalue weighted by molar-refractivity contribution is 0.102. The van der Waals surface area contributed by atoms with E-state index in [0.717, 1.165) is 38.5 Å². The predicted octanol–water partition coefficient (Wildman–Crippen LogP) is 6.31. The molecule has 5 heteroatoms. The molecule has 1 aromatic heterocycles. The van der Waals surface area contributed by atoms with Gasteiger partial charge < -0.3 is 10.1 Å². The minimum absolute atomic E-state index is 0.156. The monoisotopic (exact) mass is 402 g/mol. The van der Waals surface area contributed by atoms with Gasteiger partial charge in [-0.25, -0.2) is 4.98 Å². The van der Waals surface area contributed by atoms with Crippen molar-refractivity contribution in [3.8, 4) is 16.3 Å². The van der Waals surface area contributed by atoms with Crippen LogP contribution in [0.2, 0.25) is 0 Å². The number of benzene rings is 3. The smallest absolute Gasteiger partial charge is 0.255 e. The van der Waals surface area contributed by atoms with E-state index in [1.54, 1.807) is 23.5 Å². The highest BCUT2D eigenvalue weighted by Gasteiger charge is 2.12. The Morgan fingerprint density at radius 2 is 1.93 bits per heavy atom. The standard InChI is InChI=1S/C24H22N2O2S/c1-3-13-28-19-8-6-7-17(14-19)23(27)25-21-15-18(12-11-16(21)2)24-26-20-9-4-5-10-22(20)29-24/h4-12,14-15H,3,13H2,1-2H3,(H,25,27). The van der Waals surface area contributed by atoms with Crippen molar-refractivity contribution in [1.82, 2.24) is 4.98 Å². The van der Waals surface area contributed by atoms with Gasteiger partial charge in [0.2, 0.25) is 0 Å². The van der Waals surface area contributed by atoms with Crippen molar-refractivity contribution in [2.24, 2.45) is 0 Å². The summed E-state index contributed by atoms with van der Waals surface area (Å²) in [7, 11) is 0. The Kier molecular flexibility index (Phi) is 5.58. The van der Waals surface area contributed by atoms with Gasteiger partial charge in [-0.1, -0.05) is 37.3 Å². The van der Waals surface area contributed by atoms with E-state index in [1.165, 1.54) is 0 Å². The lowest BCUT2D eigenvalue weighted by atomic mass is 10.1. The van der Waals surface area contributed by atoms with Crippen LogP contribution in [0.1, 0.15) is 29.3 Å². The highest BCUT2D eigenvalue weighted by Crippen LogP contribution is 2.32. The molecule has 3 aromatic carbocycles. The molecule has 0 aliphatic rings. The number of thiazole rings is 1. The van der Waals surface area contributed by atoms with Crippen molar-refractivity contribution in [3.05, 3.63) is 77.9 Å². The first kappa shape index (κ1) is 19.2. The summed E-state index contributed by atoms with van der Waals surface area (Å²) in [5, 5.41) is 3.98. The van der Waals surface area contributed by atoms with Gasteiger partial charge in [0, 0.05) is 16.8 Å². The van der Waals surface area contributed by atoms with Crippen molar-refractivity contribution in [3.63, 3.8) is 0 Å². The zero-order valence-corrected chi connectivity index (χ0v) is 17.3.